The molecule has 1 heterocycles. The summed E-state index contributed by atoms with van der Waals surface area (Å²) in [5.74, 6) is 0.0566. The maximum Gasteiger partial charge on any atom is 0.514 e. The van der Waals surface area contributed by atoms with Crippen molar-refractivity contribution in [3.8, 4) is 11.6 Å². The van der Waals surface area contributed by atoms with Gasteiger partial charge in [-0.3, -0.25) is 14.3 Å². The molecule has 2 N–H and O–H groups in total. The van der Waals surface area contributed by atoms with Crippen LogP contribution in [0.5, 0.6) is 11.6 Å². The average molecular weight is 630 g/mol. The average Bonchev–Trinajstić information content (AvgIpc) is 3.01. The molecule has 1 amide bonds. The predicted molar refractivity (Wildman–Crippen MR) is 163 cm³/mol. The molecule has 2 aromatic carbocycles. The highest BCUT2D eigenvalue weighted by molar-refractivity contribution is 6.60. The van der Waals surface area contributed by atoms with Gasteiger partial charge in [-0.1, -0.05) is 42.5 Å². The summed E-state index contributed by atoms with van der Waals surface area (Å²) in [4.78, 5) is 52.3. The molecule has 3 rings (SSSR count). The smallest absolute Gasteiger partial charge is 0.437 e. The lowest BCUT2D eigenvalue weighted by Gasteiger charge is -2.28. The van der Waals surface area contributed by atoms with Gasteiger partial charge in [0.25, 0.3) is 5.56 Å². The van der Waals surface area contributed by atoms with Crippen LogP contribution >= 0.6 is 0 Å². The highest BCUT2D eigenvalue weighted by Crippen LogP contribution is 2.21. The van der Waals surface area contributed by atoms with Gasteiger partial charge in [-0.15, -0.1) is 0 Å². The molecule has 0 aliphatic heterocycles. The van der Waals surface area contributed by atoms with Gasteiger partial charge in [-0.2, -0.15) is 0 Å². The van der Waals surface area contributed by atoms with Crippen molar-refractivity contribution >= 4 is 21.1 Å². The number of nitrogens with zero attached hydrogens (tertiary/aromatic N) is 1. The minimum atomic E-state index is -2.80. The Labute approximate surface area is 256 Å². The summed E-state index contributed by atoms with van der Waals surface area (Å²) in [5.41, 5.74) is -0.0163. The van der Waals surface area contributed by atoms with Crippen LogP contribution in [0.3, 0.4) is 0 Å². The highest BCUT2D eigenvalue weighted by atomic mass is 28.4. The van der Waals surface area contributed by atoms with E-state index in [2.05, 4.69) is 15.0 Å². The van der Waals surface area contributed by atoms with Gasteiger partial charge >= 0.3 is 26.7 Å². The van der Waals surface area contributed by atoms with Crippen molar-refractivity contribution in [2.24, 2.45) is 0 Å². The van der Waals surface area contributed by atoms with Gasteiger partial charge in [0.15, 0.2) is 0 Å². The number of benzene rings is 2. The van der Waals surface area contributed by atoms with Crippen LogP contribution < -0.4 is 26.0 Å². The van der Waals surface area contributed by atoms with E-state index in [0.717, 1.165) is 17.2 Å². The molecule has 44 heavy (non-hydrogen) atoms. The van der Waals surface area contributed by atoms with Crippen LogP contribution in [0.25, 0.3) is 0 Å². The first-order chi connectivity index (χ1) is 21.2. The second kappa shape index (κ2) is 17.2. The normalized spacial score (nSPS) is 11.2. The van der Waals surface area contributed by atoms with Crippen molar-refractivity contribution in [2.75, 3.05) is 33.5 Å². The molecule has 14 heteroatoms. The van der Waals surface area contributed by atoms with Gasteiger partial charge in [0.05, 0.1) is 19.2 Å². The molecule has 0 saturated carbocycles. The van der Waals surface area contributed by atoms with Crippen molar-refractivity contribution in [2.45, 2.75) is 46.2 Å². The van der Waals surface area contributed by atoms with E-state index in [9.17, 15) is 19.2 Å². The number of carbonyl (C=O) groups is 2. The molecule has 0 radical (unpaired) electrons. The van der Waals surface area contributed by atoms with Crippen molar-refractivity contribution in [3.63, 3.8) is 0 Å². The number of ether oxygens (including phenoxy) is 3. The zero-order valence-corrected chi connectivity index (χ0v) is 26.4. The summed E-state index contributed by atoms with van der Waals surface area (Å²) in [7, 11) is -1.67. The fourth-order valence-electron chi connectivity index (χ4n) is 4.41. The summed E-state index contributed by atoms with van der Waals surface area (Å²) >= 11 is 0. The van der Waals surface area contributed by atoms with E-state index in [4.69, 9.17) is 22.8 Å². The van der Waals surface area contributed by atoms with Crippen LogP contribution in [0.15, 0.2) is 64.2 Å². The molecule has 0 aliphatic carbocycles. The van der Waals surface area contributed by atoms with Gasteiger partial charge in [0.1, 0.15) is 5.75 Å². The minimum Gasteiger partial charge on any atom is -0.437 e. The Morgan fingerprint density at radius 3 is 2.09 bits per heavy atom. The number of rotatable bonds is 16. The molecule has 0 saturated heterocycles. The van der Waals surface area contributed by atoms with Crippen molar-refractivity contribution < 1.29 is 37.1 Å². The Morgan fingerprint density at radius 2 is 1.50 bits per heavy atom. The van der Waals surface area contributed by atoms with Crippen molar-refractivity contribution in [1.82, 2.24) is 14.9 Å². The quantitative estimate of drug-likeness (QED) is 0.136. The highest BCUT2D eigenvalue weighted by Gasteiger charge is 2.39. The van der Waals surface area contributed by atoms with Crippen LogP contribution in [0, 0.1) is 0 Å². The Bertz CT molecular complexity index is 1460. The molecule has 3 aromatic rings. The lowest BCUT2D eigenvalue weighted by molar-refractivity contribution is 0.0707. The zero-order valence-electron chi connectivity index (χ0n) is 25.4. The van der Waals surface area contributed by atoms with E-state index in [-0.39, 0.29) is 30.2 Å². The molecule has 13 nitrogen and oxygen atoms in total. The molecule has 238 valence electrons. The number of methoxy groups -OCH3 is 1. The summed E-state index contributed by atoms with van der Waals surface area (Å²) < 4.78 is 33.9. The summed E-state index contributed by atoms with van der Waals surface area (Å²) in [6, 6.07) is 16.0. The summed E-state index contributed by atoms with van der Waals surface area (Å²) in [6.07, 6.45) is -1.12. The Kier molecular flexibility index (Phi) is 13.4. The van der Waals surface area contributed by atoms with E-state index >= 15 is 0 Å². The van der Waals surface area contributed by atoms with Gasteiger partial charge < -0.3 is 32.8 Å². The molecule has 0 unspecified atom stereocenters. The molecular formula is C30H39N3O10Si. The van der Waals surface area contributed by atoms with Crippen molar-refractivity contribution in [3.05, 3.63) is 92.1 Å². The van der Waals surface area contributed by atoms with Crippen molar-refractivity contribution in [1.29, 1.82) is 0 Å². The zero-order chi connectivity index (χ0) is 32.0. The van der Waals surface area contributed by atoms with Gasteiger partial charge in [-0.25, -0.2) is 14.4 Å². The SMILES string of the molecule is CCO[Si](CCCNC(=O)Oc1ccc(Cc2c(OC(=O)OC)n(Cc3ccccc3)c(=O)[nH]c2=O)cc1)(OCC)OCC. The molecular weight excluding hydrogens is 590 g/mol. The first-order valence-electron chi connectivity index (χ1n) is 14.4. The molecule has 0 spiro atoms. The van der Waals surface area contributed by atoms with Crippen LogP contribution in [0.1, 0.15) is 43.9 Å². The Hall–Kier alpha value is -4.24. The number of aromatic nitrogens is 2. The lowest BCUT2D eigenvalue weighted by atomic mass is 10.1. The van der Waals surface area contributed by atoms with E-state index < -0.39 is 32.3 Å². The molecule has 0 bridgehead atoms. The van der Waals surface area contributed by atoms with Crippen LogP contribution in [-0.4, -0.2) is 64.1 Å². The van der Waals surface area contributed by atoms with E-state index in [1.807, 2.05) is 26.8 Å². The molecule has 0 aliphatic rings. The molecule has 1 aromatic heterocycles. The van der Waals surface area contributed by atoms with Crippen LogP contribution in [-0.2, 0) is 31.0 Å². The maximum atomic E-state index is 12.8. The lowest BCUT2D eigenvalue weighted by Crippen LogP contribution is -2.46. The second-order valence-electron chi connectivity index (χ2n) is 9.39. The Balaban J connectivity index is 1.68. The largest absolute Gasteiger partial charge is 0.514 e. The maximum absolute atomic E-state index is 12.8. The third kappa shape index (κ3) is 9.91. The summed E-state index contributed by atoms with van der Waals surface area (Å²) in [6.45, 7) is 7.47. The van der Waals surface area contributed by atoms with E-state index in [0.29, 0.717) is 44.4 Å². The minimum absolute atomic E-state index is 0.00827. The van der Waals surface area contributed by atoms with Gasteiger partial charge in [0.2, 0.25) is 5.88 Å². The van der Waals surface area contributed by atoms with Gasteiger partial charge in [0, 0.05) is 38.8 Å². The molecule has 0 fully saturated rings. The van der Waals surface area contributed by atoms with Crippen LogP contribution in [0.4, 0.5) is 9.59 Å². The third-order valence-corrected chi connectivity index (χ3v) is 9.46. The second-order valence-corrected chi connectivity index (χ2v) is 12.1. The monoisotopic (exact) mass is 629 g/mol. The molecule has 0 atom stereocenters. The number of amides is 1. The standard InChI is InChI=1S/C30H39N3O10Si/c1-5-39-44(40-6-2,41-7-3)19-11-18-31-29(36)42-24-16-14-22(15-17-24)20-25-26(34)32-28(35)33(27(25)43-30(37)38-4)21-23-12-9-8-10-13-23/h8-10,12-17H,5-7,11,18-21H2,1-4H3,(H,31,36)(H,32,34,35). The number of H-pyrrole nitrogens is 1. The fraction of sp³-hybridized carbons (Fsp3) is 0.400. The fourth-order valence-corrected chi connectivity index (χ4v) is 7.03. The van der Waals surface area contributed by atoms with E-state index in [1.54, 1.807) is 48.5 Å². The van der Waals surface area contributed by atoms with E-state index in [1.165, 1.54) is 0 Å². The van der Waals surface area contributed by atoms with Gasteiger partial charge in [-0.05, 0) is 50.5 Å². The Morgan fingerprint density at radius 1 is 0.864 bits per heavy atom. The number of hydrogen-bond donors (Lipinski definition) is 2. The van der Waals surface area contributed by atoms with Crippen LogP contribution in [0.2, 0.25) is 6.04 Å². The first-order valence-corrected chi connectivity index (χ1v) is 16.3. The first kappa shape index (κ1) is 34.2. The topological polar surface area (TPSA) is 156 Å². The predicted octanol–water partition coefficient (Wildman–Crippen LogP) is 3.85. The number of aromatic amines is 1. The number of nitrogens with one attached hydrogen (secondary N) is 2. The number of carbonyl (C=O) groups excluding carboxylic acids is 2. The number of hydrogen-bond acceptors (Lipinski definition) is 10. The third-order valence-electron chi connectivity index (χ3n) is 6.31. The summed E-state index contributed by atoms with van der Waals surface area (Å²) in [5, 5.41) is 2.71.